The average Bonchev–Trinajstić information content (AvgIpc) is 3.21. The van der Waals surface area contributed by atoms with Crippen LogP contribution in [0.25, 0.3) is 17.4 Å². The lowest BCUT2D eigenvalue weighted by Gasteiger charge is -2.11. The fraction of sp³-hybridized carbons (Fsp3) is 0.167. The molecule has 2 aromatic carbocycles. The molecule has 0 radical (unpaired) electrons. The van der Waals surface area contributed by atoms with Crippen LogP contribution in [-0.2, 0) is 4.79 Å². The fourth-order valence-electron chi connectivity index (χ4n) is 2.88. The molecule has 1 heterocycles. The van der Waals surface area contributed by atoms with Gasteiger partial charge in [-0.15, -0.1) is 0 Å². The summed E-state index contributed by atoms with van der Waals surface area (Å²) in [5, 5.41) is 6.89. The molecular formula is C24H22Cl2N2O2S. The van der Waals surface area contributed by atoms with Gasteiger partial charge >= 0.3 is 0 Å². The van der Waals surface area contributed by atoms with Gasteiger partial charge in [-0.3, -0.25) is 10.1 Å². The second kappa shape index (κ2) is 10.6. The van der Waals surface area contributed by atoms with Crippen molar-refractivity contribution in [2.45, 2.75) is 26.2 Å². The van der Waals surface area contributed by atoms with Crippen molar-refractivity contribution in [3.8, 4) is 11.3 Å². The van der Waals surface area contributed by atoms with Gasteiger partial charge in [-0.05, 0) is 78.7 Å². The second-order valence-electron chi connectivity index (χ2n) is 7.03. The number of halogens is 2. The number of anilines is 1. The zero-order chi connectivity index (χ0) is 22.4. The van der Waals surface area contributed by atoms with Gasteiger partial charge in [0, 0.05) is 22.3 Å². The van der Waals surface area contributed by atoms with Crippen LogP contribution >= 0.6 is 35.4 Å². The maximum Gasteiger partial charge on any atom is 0.250 e. The molecule has 0 aliphatic carbocycles. The molecule has 1 amide bonds. The van der Waals surface area contributed by atoms with Gasteiger partial charge in [-0.25, -0.2) is 0 Å². The van der Waals surface area contributed by atoms with Gasteiger partial charge < -0.3 is 9.73 Å². The average molecular weight is 473 g/mol. The number of thiocarbonyl (C=S) groups is 1. The third kappa shape index (κ3) is 6.44. The van der Waals surface area contributed by atoms with Gasteiger partial charge in [0.1, 0.15) is 11.5 Å². The quantitative estimate of drug-likeness (QED) is 0.292. The van der Waals surface area contributed by atoms with Crippen LogP contribution in [-0.4, -0.2) is 11.0 Å². The highest BCUT2D eigenvalue weighted by molar-refractivity contribution is 7.80. The van der Waals surface area contributed by atoms with Gasteiger partial charge in [0.2, 0.25) is 5.91 Å². The van der Waals surface area contributed by atoms with Crippen molar-refractivity contribution >= 4 is 58.2 Å². The molecule has 4 nitrogen and oxygen atoms in total. The minimum absolute atomic E-state index is 0.221. The van der Waals surface area contributed by atoms with Crippen molar-refractivity contribution in [3.05, 3.63) is 82.0 Å². The van der Waals surface area contributed by atoms with Gasteiger partial charge in [0.25, 0.3) is 0 Å². The molecule has 0 bridgehead atoms. The highest BCUT2D eigenvalue weighted by Crippen LogP contribution is 2.31. The van der Waals surface area contributed by atoms with E-state index >= 15 is 0 Å². The Morgan fingerprint density at radius 2 is 1.87 bits per heavy atom. The summed E-state index contributed by atoms with van der Waals surface area (Å²) in [7, 11) is 0. The minimum atomic E-state index is -0.365. The number of furan rings is 1. The maximum absolute atomic E-state index is 12.2. The monoisotopic (exact) mass is 472 g/mol. The standard InChI is InChI=1S/C24H22Cl2N2O2S/c1-3-15(2)16-4-7-18(8-5-16)27-24(31)28-23(29)13-10-19-9-12-22(30-19)20-11-6-17(25)14-21(20)26/h4-15H,3H2,1-2H3,(H2,27,28,29,31)/b13-10+/t15-/m1/s1. The number of benzene rings is 2. The Balaban J connectivity index is 1.55. The molecule has 3 aromatic rings. The van der Waals surface area contributed by atoms with Gasteiger partial charge in [-0.1, -0.05) is 49.2 Å². The Kier molecular flexibility index (Phi) is 7.91. The first-order valence-corrected chi connectivity index (χ1v) is 11.0. The van der Waals surface area contributed by atoms with Crippen molar-refractivity contribution < 1.29 is 9.21 Å². The van der Waals surface area contributed by atoms with Crippen LogP contribution in [0.2, 0.25) is 10.0 Å². The molecule has 1 aromatic heterocycles. The van der Waals surface area contributed by atoms with Crippen molar-refractivity contribution in [1.82, 2.24) is 5.32 Å². The number of rotatable bonds is 6. The largest absolute Gasteiger partial charge is 0.457 e. The molecule has 2 N–H and O–H groups in total. The lowest BCUT2D eigenvalue weighted by Crippen LogP contribution is -2.32. The van der Waals surface area contributed by atoms with Gasteiger partial charge in [0.05, 0.1) is 5.02 Å². The highest BCUT2D eigenvalue weighted by Gasteiger charge is 2.09. The van der Waals surface area contributed by atoms with E-state index < -0.39 is 0 Å². The number of hydrogen-bond acceptors (Lipinski definition) is 3. The first-order chi connectivity index (χ1) is 14.9. The normalized spacial score (nSPS) is 12.0. The van der Waals surface area contributed by atoms with E-state index in [2.05, 4.69) is 36.6 Å². The smallest absolute Gasteiger partial charge is 0.250 e. The van der Waals surface area contributed by atoms with Crippen molar-refractivity contribution in [1.29, 1.82) is 0 Å². The Labute approximate surface area is 197 Å². The predicted molar refractivity (Wildman–Crippen MR) is 133 cm³/mol. The van der Waals surface area contributed by atoms with E-state index in [0.29, 0.717) is 27.5 Å². The summed E-state index contributed by atoms with van der Waals surface area (Å²) in [6.07, 6.45) is 4.00. The van der Waals surface area contributed by atoms with Crippen LogP contribution in [0.3, 0.4) is 0 Å². The number of hydrogen-bond donors (Lipinski definition) is 2. The number of carbonyl (C=O) groups is 1. The first kappa shape index (κ1) is 23.1. The van der Waals surface area contributed by atoms with Crippen LogP contribution < -0.4 is 10.6 Å². The highest BCUT2D eigenvalue weighted by atomic mass is 35.5. The zero-order valence-corrected chi connectivity index (χ0v) is 19.4. The van der Waals surface area contributed by atoms with E-state index in [0.717, 1.165) is 17.7 Å². The van der Waals surface area contributed by atoms with Crippen LogP contribution in [0.15, 0.2) is 65.1 Å². The molecule has 7 heteroatoms. The minimum Gasteiger partial charge on any atom is -0.457 e. The fourth-order valence-corrected chi connectivity index (χ4v) is 3.60. The molecule has 1 atom stereocenters. The van der Waals surface area contributed by atoms with Crippen LogP contribution in [0.4, 0.5) is 5.69 Å². The van der Waals surface area contributed by atoms with E-state index in [4.69, 9.17) is 39.8 Å². The van der Waals surface area contributed by atoms with Crippen molar-refractivity contribution in [3.63, 3.8) is 0 Å². The van der Waals surface area contributed by atoms with Crippen LogP contribution in [0.1, 0.15) is 37.5 Å². The summed E-state index contributed by atoms with van der Waals surface area (Å²) in [6, 6.07) is 16.7. The van der Waals surface area contributed by atoms with E-state index in [1.165, 1.54) is 11.6 Å². The topological polar surface area (TPSA) is 54.3 Å². The molecule has 160 valence electrons. The molecular weight excluding hydrogens is 451 g/mol. The zero-order valence-electron chi connectivity index (χ0n) is 17.1. The summed E-state index contributed by atoms with van der Waals surface area (Å²) in [4.78, 5) is 12.2. The van der Waals surface area contributed by atoms with Gasteiger partial charge in [0.15, 0.2) is 5.11 Å². The van der Waals surface area contributed by atoms with Crippen LogP contribution in [0.5, 0.6) is 0 Å². The Morgan fingerprint density at radius 3 is 2.55 bits per heavy atom. The SMILES string of the molecule is CC[C@@H](C)c1ccc(NC(=S)NC(=O)/C=C/c2ccc(-c3ccc(Cl)cc3Cl)o2)cc1. The molecule has 0 aliphatic rings. The Hall–Kier alpha value is -2.60. The molecule has 0 unspecified atom stereocenters. The van der Waals surface area contributed by atoms with E-state index in [-0.39, 0.29) is 11.0 Å². The third-order valence-electron chi connectivity index (χ3n) is 4.81. The van der Waals surface area contributed by atoms with Crippen molar-refractivity contribution in [2.24, 2.45) is 0 Å². The molecule has 0 fully saturated rings. The summed E-state index contributed by atoms with van der Waals surface area (Å²) in [5.74, 6) is 1.23. The Bertz CT molecular complexity index is 1110. The number of nitrogens with one attached hydrogen (secondary N) is 2. The molecule has 0 saturated carbocycles. The summed E-state index contributed by atoms with van der Waals surface area (Å²) in [5.41, 5.74) is 2.81. The summed E-state index contributed by atoms with van der Waals surface area (Å²) >= 11 is 17.4. The maximum atomic E-state index is 12.2. The van der Waals surface area contributed by atoms with Gasteiger partial charge in [-0.2, -0.15) is 0 Å². The molecule has 0 saturated heterocycles. The van der Waals surface area contributed by atoms with E-state index in [1.807, 2.05) is 12.1 Å². The molecule has 0 spiro atoms. The number of amides is 1. The summed E-state index contributed by atoms with van der Waals surface area (Å²) < 4.78 is 5.74. The van der Waals surface area contributed by atoms with E-state index in [1.54, 1.807) is 36.4 Å². The lowest BCUT2D eigenvalue weighted by atomic mass is 9.99. The van der Waals surface area contributed by atoms with Crippen LogP contribution in [0, 0.1) is 0 Å². The Morgan fingerprint density at radius 1 is 1.13 bits per heavy atom. The lowest BCUT2D eigenvalue weighted by molar-refractivity contribution is -0.115. The second-order valence-corrected chi connectivity index (χ2v) is 8.29. The molecule has 31 heavy (non-hydrogen) atoms. The van der Waals surface area contributed by atoms with E-state index in [9.17, 15) is 4.79 Å². The first-order valence-electron chi connectivity index (χ1n) is 9.81. The van der Waals surface area contributed by atoms with Crippen molar-refractivity contribution in [2.75, 3.05) is 5.32 Å². The molecule has 0 aliphatic heterocycles. The molecule has 3 rings (SSSR count). The third-order valence-corrected chi connectivity index (χ3v) is 5.56. The number of carbonyl (C=O) groups excluding carboxylic acids is 1. The summed E-state index contributed by atoms with van der Waals surface area (Å²) in [6.45, 7) is 4.34. The predicted octanol–water partition coefficient (Wildman–Crippen LogP) is 7.29.